The summed E-state index contributed by atoms with van der Waals surface area (Å²) in [5, 5.41) is 0. The van der Waals surface area contributed by atoms with E-state index in [-0.39, 0.29) is 0 Å². The minimum absolute atomic E-state index is 0.822. The summed E-state index contributed by atoms with van der Waals surface area (Å²) in [5.41, 5.74) is 0. The Morgan fingerprint density at radius 2 is 2.09 bits per heavy atom. The summed E-state index contributed by atoms with van der Waals surface area (Å²) in [4.78, 5) is 2.46. The van der Waals surface area contributed by atoms with Crippen LogP contribution in [0.2, 0.25) is 0 Å². The number of hydrogen-bond acceptors (Lipinski definition) is 1. The first-order chi connectivity index (χ1) is 5.25. The SMILES string of the molecule is C[C@H]1C=C[C@H]2CN(C)C[C@H]2C1. The van der Waals surface area contributed by atoms with E-state index in [1.54, 1.807) is 0 Å². The molecule has 0 aromatic rings. The zero-order valence-corrected chi connectivity index (χ0v) is 7.46. The van der Waals surface area contributed by atoms with E-state index in [9.17, 15) is 0 Å². The Morgan fingerprint density at radius 3 is 2.91 bits per heavy atom. The lowest BCUT2D eigenvalue weighted by atomic mass is 9.82. The zero-order valence-electron chi connectivity index (χ0n) is 7.46. The molecule has 0 unspecified atom stereocenters. The summed E-state index contributed by atoms with van der Waals surface area (Å²) in [5.74, 6) is 2.65. The molecular weight excluding hydrogens is 134 g/mol. The Morgan fingerprint density at radius 1 is 1.27 bits per heavy atom. The normalized spacial score (nSPS) is 44.4. The molecule has 1 fully saturated rings. The quantitative estimate of drug-likeness (QED) is 0.477. The van der Waals surface area contributed by atoms with Crippen molar-refractivity contribution in [3.8, 4) is 0 Å². The monoisotopic (exact) mass is 151 g/mol. The minimum atomic E-state index is 0.822. The highest BCUT2D eigenvalue weighted by Crippen LogP contribution is 2.33. The Balaban J connectivity index is 2.08. The first kappa shape index (κ1) is 7.35. The van der Waals surface area contributed by atoms with Crippen molar-refractivity contribution in [3.63, 3.8) is 0 Å². The van der Waals surface area contributed by atoms with E-state index in [1.165, 1.54) is 19.5 Å². The van der Waals surface area contributed by atoms with E-state index in [1.807, 2.05) is 0 Å². The Labute approximate surface area is 69.1 Å². The van der Waals surface area contributed by atoms with Crippen LogP contribution in [0.1, 0.15) is 13.3 Å². The van der Waals surface area contributed by atoms with Gasteiger partial charge in [-0.2, -0.15) is 0 Å². The van der Waals surface area contributed by atoms with Crippen molar-refractivity contribution in [3.05, 3.63) is 12.2 Å². The molecular formula is C10H17N. The van der Waals surface area contributed by atoms with Crippen LogP contribution < -0.4 is 0 Å². The average Bonchev–Trinajstić information content (AvgIpc) is 2.27. The molecule has 2 aliphatic rings. The maximum absolute atomic E-state index is 2.46. The highest BCUT2D eigenvalue weighted by molar-refractivity contribution is 5.04. The Bertz CT molecular complexity index is 174. The number of allylic oxidation sites excluding steroid dienone is 1. The van der Waals surface area contributed by atoms with Crippen LogP contribution in [0.3, 0.4) is 0 Å². The third-order valence-electron chi connectivity index (χ3n) is 3.04. The van der Waals surface area contributed by atoms with Crippen LogP contribution in [0.15, 0.2) is 12.2 Å². The summed E-state index contributed by atoms with van der Waals surface area (Å²) < 4.78 is 0. The molecule has 1 aliphatic heterocycles. The van der Waals surface area contributed by atoms with Crippen molar-refractivity contribution in [2.24, 2.45) is 17.8 Å². The highest BCUT2D eigenvalue weighted by atomic mass is 15.1. The average molecular weight is 151 g/mol. The van der Waals surface area contributed by atoms with E-state index in [2.05, 4.69) is 31.0 Å². The molecule has 0 radical (unpaired) electrons. The molecule has 0 N–H and O–H groups in total. The summed E-state index contributed by atoms with van der Waals surface area (Å²) >= 11 is 0. The molecule has 0 amide bonds. The number of fused-ring (bicyclic) bond motifs is 1. The van der Waals surface area contributed by atoms with Crippen molar-refractivity contribution < 1.29 is 0 Å². The second kappa shape index (κ2) is 2.63. The zero-order chi connectivity index (χ0) is 7.84. The fourth-order valence-electron chi connectivity index (χ4n) is 2.48. The van der Waals surface area contributed by atoms with E-state index in [0.717, 1.165) is 17.8 Å². The number of nitrogens with zero attached hydrogens (tertiary/aromatic N) is 1. The first-order valence-corrected chi connectivity index (χ1v) is 4.62. The molecule has 2 rings (SSSR count). The second-order valence-electron chi connectivity index (χ2n) is 4.24. The van der Waals surface area contributed by atoms with Gasteiger partial charge >= 0.3 is 0 Å². The van der Waals surface area contributed by atoms with Gasteiger partial charge in [-0.25, -0.2) is 0 Å². The maximum atomic E-state index is 2.46. The highest BCUT2D eigenvalue weighted by Gasteiger charge is 2.31. The van der Waals surface area contributed by atoms with Crippen LogP contribution in [0.5, 0.6) is 0 Å². The van der Waals surface area contributed by atoms with Crippen LogP contribution >= 0.6 is 0 Å². The van der Waals surface area contributed by atoms with Crippen LogP contribution in [-0.2, 0) is 0 Å². The van der Waals surface area contributed by atoms with E-state index in [0.29, 0.717) is 0 Å². The number of likely N-dealkylation sites (tertiary alicyclic amines) is 1. The first-order valence-electron chi connectivity index (χ1n) is 4.62. The topological polar surface area (TPSA) is 3.24 Å². The van der Waals surface area contributed by atoms with Gasteiger partial charge in [0.2, 0.25) is 0 Å². The van der Waals surface area contributed by atoms with Crippen LogP contribution in [0.4, 0.5) is 0 Å². The fraction of sp³-hybridized carbons (Fsp3) is 0.800. The summed E-state index contributed by atoms with van der Waals surface area (Å²) in [6, 6.07) is 0. The maximum Gasteiger partial charge on any atom is 0.00446 e. The molecule has 1 heterocycles. The lowest BCUT2D eigenvalue weighted by Crippen LogP contribution is -2.17. The molecule has 0 aromatic carbocycles. The van der Waals surface area contributed by atoms with Gasteiger partial charge in [-0.15, -0.1) is 0 Å². The van der Waals surface area contributed by atoms with Crippen molar-refractivity contribution in [1.82, 2.24) is 4.90 Å². The van der Waals surface area contributed by atoms with Crippen LogP contribution in [-0.4, -0.2) is 25.0 Å². The van der Waals surface area contributed by atoms with Crippen molar-refractivity contribution in [1.29, 1.82) is 0 Å². The Hall–Kier alpha value is -0.300. The van der Waals surface area contributed by atoms with E-state index >= 15 is 0 Å². The lowest BCUT2D eigenvalue weighted by Gasteiger charge is -2.22. The van der Waals surface area contributed by atoms with E-state index < -0.39 is 0 Å². The van der Waals surface area contributed by atoms with Gasteiger partial charge in [-0.05, 0) is 31.2 Å². The number of rotatable bonds is 0. The third-order valence-corrected chi connectivity index (χ3v) is 3.04. The molecule has 1 heteroatoms. The Kier molecular flexibility index (Phi) is 1.76. The minimum Gasteiger partial charge on any atom is -0.305 e. The van der Waals surface area contributed by atoms with Gasteiger partial charge in [-0.1, -0.05) is 19.1 Å². The lowest BCUT2D eigenvalue weighted by molar-refractivity contribution is 0.363. The molecule has 3 atom stereocenters. The summed E-state index contributed by atoms with van der Waals surface area (Å²) in [6.07, 6.45) is 6.23. The standard InChI is InChI=1S/C10H17N/c1-8-3-4-9-6-11(2)7-10(9)5-8/h3-4,8-10H,5-7H2,1-2H3/t8-,9-,10+/m0/s1. The smallest absolute Gasteiger partial charge is 0.00446 e. The largest absolute Gasteiger partial charge is 0.305 e. The summed E-state index contributed by atoms with van der Waals surface area (Å²) in [6.45, 7) is 4.93. The fourth-order valence-corrected chi connectivity index (χ4v) is 2.48. The van der Waals surface area contributed by atoms with Gasteiger partial charge in [-0.3, -0.25) is 0 Å². The molecule has 0 saturated carbocycles. The molecule has 1 aliphatic carbocycles. The van der Waals surface area contributed by atoms with Gasteiger partial charge in [0.15, 0.2) is 0 Å². The molecule has 11 heavy (non-hydrogen) atoms. The van der Waals surface area contributed by atoms with Crippen molar-refractivity contribution in [2.75, 3.05) is 20.1 Å². The number of hydrogen-bond donors (Lipinski definition) is 0. The van der Waals surface area contributed by atoms with Gasteiger partial charge in [0.1, 0.15) is 0 Å². The van der Waals surface area contributed by atoms with Gasteiger partial charge in [0.25, 0.3) is 0 Å². The molecule has 62 valence electrons. The molecule has 1 nitrogen and oxygen atoms in total. The van der Waals surface area contributed by atoms with Crippen molar-refractivity contribution >= 4 is 0 Å². The van der Waals surface area contributed by atoms with Gasteiger partial charge in [0.05, 0.1) is 0 Å². The predicted molar refractivity (Wildman–Crippen MR) is 47.4 cm³/mol. The van der Waals surface area contributed by atoms with Gasteiger partial charge < -0.3 is 4.90 Å². The predicted octanol–water partition coefficient (Wildman–Crippen LogP) is 1.76. The van der Waals surface area contributed by atoms with E-state index in [4.69, 9.17) is 0 Å². The molecule has 1 saturated heterocycles. The van der Waals surface area contributed by atoms with Gasteiger partial charge in [0, 0.05) is 13.1 Å². The second-order valence-corrected chi connectivity index (χ2v) is 4.24. The summed E-state index contributed by atoms with van der Waals surface area (Å²) in [7, 11) is 2.23. The van der Waals surface area contributed by atoms with Crippen LogP contribution in [0.25, 0.3) is 0 Å². The molecule has 0 aromatic heterocycles. The molecule has 0 spiro atoms. The molecule has 0 bridgehead atoms. The van der Waals surface area contributed by atoms with Crippen LogP contribution in [0, 0.1) is 17.8 Å². The van der Waals surface area contributed by atoms with Crippen molar-refractivity contribution in [2.45, 2.75) is 13.3 Å². The third kappa shape index (κ3) is 1.34.